The van der Waals surface area contributed by atoms with Crippen molar-refractivity contribution in [2.75, 3.05) is 19.0 Å². The first-order valence-corrected chi connectivity index (χ1v) is 14.0. The second-order valence-corrected chi connectivity index (χ2v) is 12.1. The molecule has 0 aliphatic carbocycles. The monoisotopic (exact) mass is 606 g/mol. The van der Waals surface area contributed by atoms with Crippen LogP contribution in [-0.2, 0) is 26.1 Å². The average molecular weight is 608 g/mol. The number of anilines is 1. The molecule has 0 radical (unpaired) electrons. The van der Waals surface area contributed by atoms with E-state index in [1.54, 1.807) is 60.7 Å². The van der Waals surface area contributed by atoms with Crippen LogP contribution in [0, 0.1) is 0 Å². The molecule has 4 aromatic rings. The molecular formula is C25H20BrClN2O5S2. The van der Waals surface area contributed by atoms with Gasteiger partial charge in [0.15, 0.2) is 0 Å². The molecule has 0 spiro atoms. The molecule has 1 aromatic heterocycles. The molecule has 0 saturated carbocycles. The van der Waals surface area contributed by atoms with Crippen LogP contribution >= 0.6 is 38.9 Å². The minimum Gasteiger partial charge on any atom is -0.465 e. The number of methoxy groups -OCH3 is 1. The van der Waals surface area contributed by atoms with Gasteiger partial charge in [0.25, 0.3) is 0 Å². The van der Waals surface area contributed by atoms with Gasteiger partial charge in [0.05, 0.1) is 18.6 Å². The number of rotatable bonds is 8. The van der Waals surface area contributed by atoms with Gasteiger partial charge < -0.3 is 10.1 Å². The molecule has 4 rings (SSSR count). The number of esters is 1. The van der Waals surface area contributed by atoms with Gasteiger partial charge in [-0.25, -0.2) is 13.2 Å². The summed E-state index contributed by atoms with van der Waals surface area (Å²) in [5, 5.41) is 4.05. The van der Waals surface area contributed by atoms with Gasteiger partial charge in [-0.2, -0.15) is 4.31 Å². The van der Waals surface area contributed by atoms with Crippen molar-refractivity contribution >= 4 is 76.5 Å². The zero-order chi connectivity index (χ0) is 25.9. The number of ether oxygens (including phenoxy) is 1. The molecule has 1 heterocycles. The van der Waals surface area contributed by atoms with Gasteiger partial charge in [-0.15, -0.1) is 11.3 Å². The Morgan fingerprint density at radius 3 is 2.39 bits per heavy atom. The highest BCUT2D eigenvalue weighted by Crippen LogP contribution is 2.29. The maximum atomic E-state index is 13.4. The summed E-state index contributed by atoms with van der Waals surface area (Å²) in [5.41, 5.74) is 1.16. The van der Waals surface area contributed by atoms with Crippen LogP contribution in [0.4, 0.5) is 5.69 Å². The molecule has 0 atom stereocenters. The largest absolute Gasteiger partial charge is 0.465 e. The highest BCUT2D eigenvalue weighted by atomic mass is 79.9. The molecule has 3 aromatic carbocycles. The molecule has 186 valence electrons. The SMILES string of the molecule is COC(=O)c1cc2cc(NC(=O)CN(Cc3ccc(Cl)cc3)S(=O)(=O)c3ccc(Br)cc3)ccc2s1. The highest BCUT2D eigenvalue weighted by molar-refractivity contribution is 9.10. The van der Waals surface area contributed by atoms with Gasteiger partial charge in [0.2, 0.25) is 15.9 Å². The second-order valence-electron chi connectivity index (χ2n) is 7.76. The third-order valence-corrected chi connectivity index (χ3v) is 8.91. The molecule has 0 aliphatic heterocycles. The van der Waals surface area contributed by atoms with Crippen LogP contribution in [0.5, 0.6) is 0 Å². The van der Waals surface area contributed by atoms with Crippen LogP contribution in [0.3, 0.4) is 0 Å². The van der Waals surface area contributed by atoms with Gasteiger partial charge in [0, 0.05) is 26.4 Å². The highest BCUT2D eigenvalue weighted by Gasteiger charge is 2.27. The molecule has 11 heteroatoms. The number of carbonyl (C=O) groups excluding carboxylic acids is 2. The smallest absolute Gasteiger partial charge is 0.348 e. The fourth-order valence-corrected chi connectivity index (χ4v) is 6.19. The standard InChI is InChI=1S/C25H20BrClN2O5S2/c1-34-25(31)23-13-17-12-20(8-11-22(17)35-23)28-24(30)15-29(14-16-2-6-19(27)7-3-16)36(32,33)21-9-4-18(26)5-10-21/h2-13H,14-15H2,1H3,(H,28,30). The van der Waals surface area contributed by atoms with Crippen molar-refractivity contribution in [3.05, 3.63) is 92.7 Å². The number of thiophene rings is 1. The number of carbonyl (C=O) groups is 2. The lowest BCUT2D eigenvalue weighted by molar-refractivity contribution is -0.116. The van der Waals surface area contributed by atoms with Gasteiger partial charge >= 0.3 is 5.97 Å². The Balaban J connectivity index is 1.57. The van der Waals surface area contributed by atoms with E-state index in [4.69, 9.17) is 16.3 Å². The van der Waals surface area contributed by atoms with Crippen LogP contribution in [0.25, 0.3) is 10.1 Å². The van der Waals surface area contributed by atoms with Crippen molar-refractivity contribution in [2.45, 2.75) is 11.4 Å². The fraction of sp³-hybridized carbons (Fsp3) is 0.120. The molecule has 7 nitrogen and oxygen atoms in total. The first kappa shape index (κ1) is 26.3. The Bertz CT molecular complexity index is 1520. The maximum absolute atomic E-state index is 13.4. The summed E-state index contributed by atoms with van der Waals surface area (Å²) < 4.78 is 34.3. The van der Waals surface area contributed by atoms with Crippen LogP contribution < -0.4 is 5.32 Å². The number of sulfonamides is 1. The Morgan fingerprint density at radius 1 is 1.03 bits per heavy atom. The number of benzene rings is 3. The third-order valence-electron chi connectivity index (χ3n) is 5.23. The molecule has 0 unspecified atom stereocenters. The number of fused-ring (bicyclic) bond motifs is 1. The van der Waals surface area contributed by atoms with E-state index in [2.05, 4.69) is 21.2 Å². The lowest BCUT2D eigenvalue weighted by Crippen LogP contribution is -2.37. The summed E-state index contributed by atoms with van der Waals surface area (Å²) in [6.07, 6.45) is 0. The van der Waals surface area contributed by atoms with Crippen LogP contribution in [0.2, 0.25) is 5.02 Å². The average Bonchev–Trinajstić information content (AvgIpc) is 3.28. The zero-order valence-corrected chi connectivity index (χ0v) is 22.9. The minimum absolute atomic E-state index is 0.0188. The quantitative estimate of drug-likeness (QED) is 0.251. The number of amides is 1. The molecule has 0 bridgehead atoms. The van der Waals surface area contributed by atoms with E-state index >= 15 is 0 Å². The second kappa shape index (κ2) is 11.1. The van der Waals surface area contributed by atoms with E-state index in [1.165, 1.54) is 30.6 Å². The molecule has 0 saturated heterocycles. The van der Waals surface area contributed by atoms with Gasteiger partial charge in [0.1, 0.15) is 4.88 Å². The molecule has 1 N–H and O–H groups in total. The lowest BCUT2D eigenvalue weighted by Gasteiger charge is -2.22. The number of hydrogen-bond donors (Lipinski definition) is 1. The summed E-state index contributed by atoms with van der Waals surface area (Å²) in [5.74, 6) is -0.940. The Kier molecular flexibility index (Phi) is 8.11. The third kappa shape index (κ3) is 6.13. The van der Waals surface area contributed by atoms with Gasteiger partial charge in [-0.3, -0.25) is 4.79 Å². The molecule has 0 fully saturated rings. The normalized spacial score (nSPS) is 11.6. The molecule has 0 aliphatic rings. The number of nitrogens with one attached hydrogen (secondary N) is 1. The minimum atomic E-state index is -3.99. The van der Waals surface area contributed by atoms with Crippen molar-refractivity contribution < 1.29 is 22.7 Å². The zero-order valence-electron chi connectivity index (χ0n) is 18.9. The van der Waals surface area contributed by atoms with E-state index in [0.717, 1.165) is 18.9 Å². The summed E-state index contributed by atoms with van der Waals surface area (Å²) >= 11 is 10.6. The van der Waals surface area contributed by atoms with E-state index < -0.39 is 28.4 Å². The summed E-state index contributed by atoms with van der Waals surface area (Å²) in [7, 11) is -2.67. The van der Waals surface area contributed by atoms with E-state index in [0.29, 0.717) is 21.2 Å². The summed E-state index contributed by atoms with van der Waals surface area (Å²) in [4.78, 5) is 25.3. The van der Waals surface area contributed by atoms with Crippen molar-refractivity contribution in [2.24, 2.45) is 0 Å². The van der Waals surface area contributed by atoms with Gasteiger partial charge in [-0.1, -0.05) is 39.7 Å². The fourth-order valence-electron chi connectivity index (χ4n) is 3.46. The number of halogens is 2. The topological polar surface area (TPSA) is 92.8 Å². The maximum Gasteiger partial charge on any atom is 0.348 e. The number of hydrogen-bond acceptors (Lipinski definition) is 6. The Hall–Kier alpha value is -2.76. The molecule has 36 heavy (non-hydrogen) atoms. The first-order valence-electron chi connectivity index (χ1n) is 10.6. The predicted molar refractivity (Wildman–Crippen MR) is 145 cm³/mol. The predicted octanol–water partition coefficient (Wildman–Crippen LogP) is 5.93. The summed E-state index contributed by atoms with van der Waals surface area (Å²) in [6, 6.07) is 19.9. The van der Waals surface area contributed by atoms with Crippen molar-refractivity contribution in [1.29, 1.82) is 0 Å². The van der Waals surface area contributed by atoms with Crippen molar-refractivity contribution in [3.63, 3.8) is 0 Å². The molecular weight excluding hydrogens is 588 g/mol. The van der Waals surface area contributed by atoms with Crippen molar-refractivity contribution in [1.82, 2.24) is 4.31 Å². The first-order chi connectivity index (χ1) is 17.2. The van der Waals surface area contributed by atoms with E-state index in [-0.39, 0.29) is 11.4 Å². The molecule has 1 amide bonds. The van der Waals surface area contributed by atoms with Crippen LogP contribution in [-0.4, -0.2) is 38.3 Å². The van der Waals surface area contributed by atoms with Crippen molar-refractivity contribution in [3.8, 4) is 0 Å². The summed E-state index contributed by atoms with van der Waals surface area (Å²) in [6.45, 7) is -0.425. The van der Waals surface area contributed by atoms with E-state index in [9.17, 15) is 18.0 Å². The van der Waals surface area contributed by atoms with Crippen LogP contribution in [0.15, 0.2) is 82.2 Å². The van der Waals surface area contributed by atoms with E-state index in [1.807, 2.05) is 0 Å². The Morgan fingerprint density at radius 2 is 1.72 bits per heavy atom. The lowest BCUT2D eigenvalue weighted by atomic mass is 10.2. The van der Waals surface area contributed by atoms with Crippen LogP contribution in [0.1, 0.15) is 15.2 Å². The Labute approximate surface area is 225 Å². The van der Waals surface area contributed by atoms with Gasteiger partial charge in [-0.05, 0) is 71.6 Å². The number of nitrogens with zero attached hydrogens (tertiary/aromatic N) is 1.